The Morgan fingerprint density at radius 1 is 1.43 bits per heavy atom. The molecule has 0 fully saturated rings. The molecule has 1 aromatic heterocycles. The number of anilines is 2. The second kappa shape index (κ2) is 6.76. The maximum Gasteiger partial charge on any atom is 0.255 e. The van der Waals surface area contributed by atoms with Crippen molar-refractivity contribution in [3.63, 3.8) is 0 Å². The Kier molecular flexibility index (Phi) is 4.78. The summed E-state index contributed by atoms with van der Waals surface area (Å²) in [4.78, 5) is 12.1. The summed E-state index contributed by atoms with van der Waals surface area (Å²) < 4.78 is 11.7. The molecule has 112 valence electrons. The van der Waals surface area contributed by atoms with Gasteiger partial charge >= 0.3 is 0 Å². The third-order valence-electron chi connectivity index (χ3n) is 2.91. The van der Waals surface area contributed by atoms with Gasteiger partial charge in [-0.2, -0.15) is 5.10 Å². The number of amides is 1. The van der Waals surface area contributed by atoms with Crippen molar-refractivity contribution in [3.05, 3.63) is 36.2 Å². The fourth-order valence-electron chi connectivity index (χ4n) is 1.81. The van der Waals surface area contributed by atoms with Crippen LogP contribution in [0.25, 0.3) is 0 Å². The zero-order chi connectivity index (χ0) is 15.2. The van der Waals surface area contributed by atoms with Gasteiger partial charge in [-0.1, -0.05) is 0 Å². The van der Waals surface area contributed by atoms with E-state index in [-0.39, 0.29) is 5.91 Å². The molecule has 1 amide bonds. The van der Waals surface area contributed by atoms with Crippen molar-refractivity contribution in [2.45, 2.75) is 6.54 Å². The van der Waals surface area contributed by atoms with Crippen molar-refractivity contribution in [1.29, 1.82) is 0 Å². The number of benzene rings is 1. The summed E-state index contributed by atoms with van der Waals surface area (Å²) in [7, 11) is 3.15. The first kappa shape index (κ1) is 14.9. The van der Waals surface area contributed by atoms with Crippen LogP contribution in [0.2, 0.25) is 0 Å². The van der Waals surface area contributed by atoms with E-state index in [1.807, 2.05) is 0 Å². The van der Waals surface area contributed by atoms with E-state index in [0.29, 0.717) is 35.8 Å². The van der Waals surface area contributed by atoms with Gasteiger partial charge in [0.15, 0.2) is 0 Å². The molecule has 0 saturated heterocycles. The van der Waals surface area contributed by atoms with Crippen molar-refractivity contribution in [1.82, 2.24) is 9.78 Å². The Morgan fingerprint density at radius 3 is 2.90 bits per heavy atom. The first-order valence-electron chi connectivity index (χ1n) is 6.40. The van der Waals surface area contributed by atoms with Crippen LogP contribution in [-0.4, -0.2) is 36.5 Å². The topological polar surface area (TPSA) is 91.4 Å². The molecular formula is C14H18N4O3. The second-order valence-electron chi connectivity index (χ2n) is 4.40. The number of aromatic nitrogens is 2. The zero-order valence-electron chi connectivity index (χ0n) is 12.0. The minimum Gasteiger partial charge on any atom is -0.495 e. The number of nitrogens with two attached hydrogens (primary N) is 1. The molecule has 0 saturated carbocycles. The van der Waals surface area contributed by atoms with E-state index in [1.54, 1.807) is 42.4 Å². The van der Waals surface area contributed by atoms with E-state index in [1.165, 1.54) is 7.11 Å². The van der Waals surface area contributed by atoms with E-state index in [2.05, 4.69) is 10.4 Å². The fourth-order valence-corrected chi connectivity index (χ4v) is 1.81. The maximum absolute atomic E-state index is 12.1. The number of hydrogen-bond donors (Lipinski definition) is 2. The normalized spacial score (nSPS) is 10.4. The van der Waals surface area contributed by atoms with Gasteiger partial charge in [-0.05, 0) is 18.2 Å². The van der Waals surface area contributed by atoms with E-state index in [9.17, 15) is 4.79 Å². The number of carbonyl (C=O) groups excluding carboxylic acids is 1. The average molecular weight is 290 g/mol. The number of nitrogen functional groups attached to an aromatic ring is 1. The van der Waals surface area contributed by atoms with Crippen LogP contribution in [0.1, 0.15) is 10.4 Å². The summed E-state index contributed by atoms with van der Waals surface area (Å²) in [6.45, 7) is 1.19. The fraction of sp³-hybridized carbons (Fsp3) is 0.286. The highest BCUT2D eigenvalue weighted by atomic mass is 16.5. The summed E-state index contributed by atoms with van der Waals surface area (Å²) >= 11 is 0. The summed E-state index contributed by atoms with van der Waals surface area (Å²) in [5, 5.41) is 6.88. The number of nitrogens with zero attached hydrogens (tertiary/aromatic N) is 2. The number of ether oxygens (including phenoxy) is 2. The van der Waals surface area contributed by atoms with Gasteiger partial charge < -0.3 is 20.5 Å². The van der Waals surface area contributed by atoms with Gasteiger partial charge in [0.1, 0.15) is 5.75 Å². The molecule has 7 nitrogen and oxygen atoms in total. The Hall–Kier alpha value is -2.54. The minimum atomic E-state index is -0.254. The zero-order valence-corrected chi connectivity index (χ0v) is 12.0. The van der Waals surface area contributed by atoms with Gasteiger partial charge in [-0.15, -0.1) is 0 Å². The lowest BCUT2D eigenvalue weighted by Crippen LogP contribution is -2.12. The predicted molar refractivity (Wildman–Crippen MR) is 79.5 cm³/mol. The third kappa shape index (κ3) is 3.73. The summed E-state index contributed by atoms with van der Waals surface area (Å²) in [5.74, 6) is 0.287. The van der Waals surface area contributed by atoms with Crippen LogP contribution in [0.15, 0.2) is 30.6 Å². The highest BCUT2D eigenvalue weighted by molar-refractivity contribution is 6.04. The maximum atomic E-state index is 12.1. The molecule has 0 unspecified atom stereocenters. The van der Waals surface area contributed by atoms with Gasteiger partial charge in [-0.25, -0.2) is 0 Å². The van der Waals surface area contributed by atoms with Crippen molar-refractivity contribution < 1.29 is 14.3 Å². The van der Waals surface area contributed by atoms with Crippen LogP contribution in [-0.2, 0) is 11.3 Å². The molecule has 7 heteroatoms. The Balaban J connectivity index is 2.03. The lowest BCUT2D eigenvalue weighted by atomic mass is 10.1. The summed E-state index contributed by atoms with van der Waals surface area (Å²) in [6, 6.07) is 4.88. The van der Waals surface area contributed by atoms with Crippen LogP contribution in [0, 0.1) is 0 Å². The average Bonchev–Trinajstić information content (AvgIpc) is 2.92. The van der Waals surface area contributed by atoms with Gasteiger partial charge in [0, 0.05) is 18.9 Å². The molecule has 0 bridgehead atoms. The lowest BCUT2D eigenvalue weighted by Gasteiger charge is -2.07. The quantitative estimate of drug-likeness (QED) is 0.784. The van der Waals surface area contributed by atoms with E-state index in [4.69, 9.17) is 15.2 Å². The first-order valence-corrected chi connectivity index (χ1v) is 6.40. The van der Waals surface area contributed by atoms with E-state index < -0.39 is 0 Å². The molecular weight excluding hydrogens is 272 g/mol. The highest BCUT2D eigenvalue weighted by Gasteiger charge is 2.10. The number of hydrogen-bond acceptors (Lipinski definition) is 5. The van der Waals surface area contributed by atoms with Crippen LogP contribution >= 0.6 is 0 Å². The monoisotopic (exact) mass is 290 g/mol. The Morgan fingerprint density at radius 2 is 2.24 bits per heavy atom. The smallest absolute Gasteiger partial charge is 0.255 e. The van der Waals surface area contributed by atoms with Crippen molar-refractivity contribution in [2.24, 2.45) is 0 Å². The van der Waals surface area contributed by atoms with Gasteiger partial charge in [0.05, 0.1) is 37.8 Å². The van der Waals surface area contributed by atoms with Crippen molar-refractivity contribution in [2.75, 3.05) is 31.9 Å². The number of rotatable bonds is 6. The van der Waals surface area contributed by atoms with Crippen molar-refractivity contribution in [3.8, 4) is 5.75 Å². The van der Waals surface area contributed by atoms with Gasteiger partial charge in [-0.3, -0.25) is 9.48 Å². The van der Waals surface area contributed by atoms with Gasteiger partial charge in [0.2, 0.25) is 0 Å². The minimum absolute atomic E-state index is 0.254. The molecule has 1 heterocycles. The molecule has 21 heavy (non-hydrogen) atoms. The second-order valence-corrected chi connectivity index (χ2v) is 4.40. The number of carbonyl (C=O) groups is 1. The number of nitrogens with one attached hydrogen (secondary N) is 1. The SMILES string of the molecule is COCCn1cc(NC(=O)c2ccc(OC)c(N)c2)cn1. The first-order chi connectivity index (χ1) is 10.1. The molecule has 0 aliphatic carbocycles. The molecule has 1 aromatic carbocycles. The largest absolute Gasteiger partial charge is 0.495 e. The predicted octanol–water partition coefficient (Wildman–Crippen LogP) is 1.37. The molecule has 0 spiro atoms. The van der Waals surface area contributed by atoms with Crippen LogP contribution in [0.3, 0.4) is 0 Å². The van der Waals surface area contributed by atoms with Crippen LogP contribution < -0.4 is 15.8 Å². The molecule has 0 aliphatic rings. The van der Waals surface area contributed by atoms with Crippen LogP contribution in [0.5, 0.6) is 5.75 Å². The molecule has 2 rings (SSSR count). The number of methoxy groups -OCH3 is 2. The van der Waals surface area contributed by atoms with Crippen molar-refractivity contribution >= 4 is 17.3 Å². The summed E-state index contributed by atoms with van der Waals surface area (Å²) in [5.41, 5.74) is 7.28. The summed E-state index contributed by atoms with van der Waals surface area (Å²) in [6.07, 6.45) is 3.32. The van der Waals surface area contributed by atoms with Crippen LogP contribution in [0.4, 0.5) is 11.4 Å². The third-order valence-corrected chi connectivity index (χ3v) is 2.91. The lowest BCUT2D eigenvalue weighted by molar-refractivity contribution is 0.102. The highest BCUT2D eigenvalue weighted by Crippen LogP contribution is 2.22. The molecule has 0 radical (unpaired) electrons. The van der Waals surface area contributed by atoms with E-state index in [0.717, 1.165) is 0 Å². The molecule has 0 aliphatic heterocycles. The molecule has 0 atom stereocenters. The van der Waals surface area contributed by atoms with E-state index >= 15 is 0 Å². The Bertz CT molecular complexity index is 624. The Labute approximate surface area is 122 Å². The standard InChI is InChI=1S/C14H18N4O3/c1-20-6-5-18-9-11(8-16-18)17-14(19)10-3-4-13(21-2)12(15)7-10/h3-4,7-9H,5-6,15H2,1-2H3,(H,17,19). The van der Waals surface area contributed by atoms with Gasteiger partial charge in [0.25, 0.3) is 5.91 Å². The molecule has 3 N–H and O–H groups in total. The molecule has 2 aromatic rings.